The standard InChI is InChI=1S/C15H16N4O/c16-14-8-7-13(18-19-14)15(20)17-12-6-5-10-3-1-2-4-11(10)9-12/h1-4,7-8,12H,5-6,9H2,(H2,16,19)(H,17,20). The van der Waals surface area contributed by atoms with Crippen molar-refractivity contribution in [2.45, 2.75) is 25.3 Å². The topological polar surface area (TPSA) is 80.9 Å². The van der Waals surface area contributed by atoms with Crippen LogP contribution in [-0.2, 0) is 12.8 Å². The van der Waals surface area contributed by atoms with Crippen LogP contribution in [0.1, 0.15) is 28.0 Å². The molecule has 3 N–H and O–H groups in total. The van der Waals surface area contributed by atoms with E-state index in [0.717, 1.165) is 19.3 Å². The molecule has 1 unspecified atom stereocenters. The Kier molecular flexibility index (Phi) is 3.33. The number of amides is 1. The van der Waals surface area contributed by atoms with Crippen LogP contribution < -0.4 is 11.1 Å². The summed E-state index contributed by atoms with van der Waals surface area (Å²) in [6.45, 7) is 0. The third-order valence-electron chi connectivity index (χ3n) is 3.60. The fraction of sp³-hybridized carbons (Fsp3) is 0.267. The second kappa shape index (κ2) is 5.28. The fourth-order valence-electron chi connectivity index (χ4n) is 2.54. The van der Waals surface area contributed by atoms with E-state index in [1.807, 2.05) is 6.07 Å². The van der Waals surface area contributed by atoms with Gasteiger partial charge in [-0.15, -0.1) is 10.2 Å². The van der Waals surface area contributed by atoms with Gasteiger partial charge in [0.05, 0.1) is 0 Å². The first-order valence-corrected chi connectivity index (χ1v) is 6.69. The molecular weight excluding hydrogens is 252 g/mol. The number of nitrogens with zero attached hydrogens (tertiary/aromatic N) is 2. The van der Waals surface area contributed by atoms with E-state index in [1.165, 1.54) is 11.1 Å². The summed E-state index contributed by atoms with van der Waals surface area (Å²) in [5.74, 6) is 0.120. The van der Waals surface area contributed by atoms with Gasteiger partial charge in [0.15, 0.2) is 5.69 Å². The Balaban J connectivity index is 1.67. The maximum absolute atomic E-state index is 12.1. The number of aromatic nitrogens is 2. The Morgan fingerprint density at radius 2 is 1.95 bits per heavy atom. The molecule has 0 aliphatic heterocycles. The van der Waals surface area contributed by atoms with Gasteiger partial charge >= 0.3 is 0 Å². The molecule has 1 aromatic heterocycles. The first-order chi connectivity index (χ1) is 9.72. The van der Waals surface area contributed by atoms with Crippen LogP contribution >= 0.6 is 0 Å². The molecule has 0 fully saturated rings. The summed E-state index contributed by atoms with van der Waals surface area (Å²) in [6, 6.07) is 11.7. The first kappa shape index (κ1) is 12.6. The highest BCUT2D eigenvalue weighted by Crippen LogP contribution is 2.21. The van der Waals surface area contributed by atoms with Crippen molar-refractivity contribution in [3.63, 3.8) is 0 Å². The van der Waals surface area contributed by atoms with Gasteiger partial charge in [-0.25, -0.2) is 0 Å². The van der Waals surface area contributed by atoms with Crippen LogP contribution in [0.25, 0.3) is 0 Å². The SMILES string of the molecule is Nc1ccc(C(=O)NC2CCc3ccccc3C2)nn1. The second-order valence-electron chi connectivity index (χ2n) is 5.03. The Hall–Kier alpha value is -2.43. The molecule has 20 heavy (non-hydrogen) atoms. The van der Waals surface area contributed by atoms with Crippen molar-refractivity contribution < 1.29 is 4.79 Å². The number of carbonyl (C=O) groups excluding carboxylic acids is 1. The lowest BCUT2D eigenvalue weighted by molar-refractivity contribution is 0.0927. The average molecular weight is 268 g/mol. The van der Waals surface area contributed by atoms with Gasteiger partial charge in [0.25, 0.3) is 5.91 Å². The summed E-state index contributed by atoms with van der Waals surface area (Å²) < 4.78 is 0. The number of nitrogen functional groups attached to an aromatic ring is 1. The molecule has 5 heteroatoms. The van der Waals surface area contributed by atoms with E-state index in [4.69, 9.17) is 5.73 Å². The lowest BCUT2D eigenvalue weighted by Crippen LogP contribution is -2.39. The van der Waals surface area contributed by atoms with E-state index >= 15 is 0 Å². The van der Waals surface area contributed by atoms with Crippen molar-refractivity contribution in [2.75, 3.05) is 5.73 Å². The van der Waals surface area contributed by atoms with E-state index in [-0.39, 0.29) is 11.9 Å². The van der Waals surface area contributed by atoms with Crippen LogP contribution in [0.2, 0.25) is 0 Å². The number of nitrogens with two attached hydrogens (primary N) is 1. The lowest BCUT2D eigenvalue weighted by Gasteiger charge is -2.25. The number of fused-ring (bicyclic) bond motifs is 1. The van der Waals surface area contributed by atoms with Crippen LogP contribution in [0.5, 0.6) is 0 Å². The second-order valence-corrected chi connectivity index (χ2v) is 5.03. The largest absolute Gasteiger partial charge is 0.382 e. The molecule has 0 saturated heterocycles. The van der Waals surface area contributed by atoms with Gasteiger partial charge in [-0.05, 0) is 42.5 Å². The molecule has 0 bridgehead atoms. The number of benzene rings is 1. The molecule has 0 saturated carbocycles. The highest BCUT2D eigenvalue weighted by molar-refractivity contribution is 5.92. The minimum Gasteiger partial charge on any atom is -0.382 e. The first-order valence-electron chi connectivity index (χ1n) is 6.69. The van der Waals surface area contributed by atoms with Crippen molar-refractivity contribution in [2.24, 2.45) is 0 Å². The fourth-order valence-corrected chi connectivity index (χ4v) is 2.54. The van der Waals surface area contributed by atoms with Crippen molar-refractivity contribution in [3.05, 3.63) is 53.2 Å². The van der Waals surface area contributed by atoms with Gasteiger partial charge in [-0.3, -0.25) is 4.79 Å². The highest BCUT2D eigenvalue weighted by atomic mass is 16.2. The van der Waals surface area contributed by atoms with E-state index in [2.05, 4.69) is 33.7 Å². The van der Waals surface area contributed by atoms with E-state index < -0.39 is 0 Å². The Labute approximate surface area is 117 Å². The van der Waals surface area contributed by atoms with Gasteiger partial charge < -0.3 is 11.1 Å². The summed E-state index contributed by atoms with van der Waals surface area (Å²) in [5, 5.41) is 10.5. The minimum absolute atomic E-state index is 0.150. The number of aryl methyl sites for hydroxylation is 1. The number of hydrogen-bond acceptors (Lipinski definition) is 4. The van der Waals surface area contributed by atoms with E-state index in [9.17, 15) is 4.79 Å². The Bertz CT molecular complexity index is 624. The molecular formula is C15H16N4O. The maximum Gasteiger partial charge on any atom is 0.272 e. The summed E-state index contributed by atoms with van der Waals surface area (Å²) in [5.41, 5.74) is 8.45. The van der Waals surface area contributed by atoms with Gasteiger partial charge in [0.1, 0.15) is 5.82 Å². The Morgan fingerprint density at radius 3 is 2.70 bits per heavy atom. The molecule has 1 amide bonds. The van der Waals surface area contributed by atoms with Crippen LogP contribution in [0, 0.1) is 0 Å². The zero-order chi connectivity index (χ0) is 13.9. The number of anilines is 1. The maximum atomic E-state index is 12.1. The number of hydrogen-bond donors (Lipinski definition) is 2. The molecule has 0 radical (unpaired) electrons. The van der Waals surface area contributed by atoms with Crippen LogP contribution in [0.15, 0.2) is 36.4 Å². The molecule has 1 aromatic carbocycles. The summed E-state index contributed by atoms with van der Waals surface area (Å²) in [7, 11) is 0. The molecule has 1 aliphatic rings. The van der Waals surface area contributed by atoms with Gasteiger partial charge in [0, 0.05) is 6.04 Å². The van der Waals surface area contributed by atoms with E-state index in [1.54, 1.807) is 12.1 Å². The summed E-state index contributed by atoms with van der Waals surface area (Å²) >= 11 is 0. The molecule has 1 atom stereocenters. The monoisotopic (exact) mass is 268 g/mol. The van der Waals surface area contributed by atoms with Crippen molar-refractivity contribution >= 4 is 11.7 Å². The van der Waals surface area contributed by atoms with Crippen molar-refractivity contribution in [1.29, 1.82) is 0 Å². The molecule has 1 heterocycles. The molecule has 102 valence electrons. The third-order valence-corrected chi connectivity index (χ3v) is 3.60. The molecule has 0 spiro atoms. The highest BCUT2D eigenvalue weighted by Gasteiger charge is 2.20. The smallest absolute Gasteiger partial charge is 0.272 e. The Morgan fingerprint density at radius 1 is 1.15 bits per heavy atom. The number of nitrogens with one attached hydrogen (secondary N) is 1. The lowest BCUT2D eigenvalue weighted by atomic mass is 9.88. The number of rotatable bonds is 2. The zero-order valence-electron chi connectivity index (χ0n) is 11.0. The van der Waals surface area contributed by atoms with Crippen LogP contribution in [-0.4, -0.2) is 22.1 Å². The van der Waals surface area contributed by atoms with Gasteiger partial charge in [-0.2, -0.15) is 0 Å². The average Bonchev–Trinajstić information content (AvgIpc) is 2.48. The molecule has 1 aliphatic carbocycles. The van der Waals surface area contributed by atoms with Crippen molar-refractivity contribution in [1.82, 2.24) is 15.5 Å². The van der Waals surface area contributed by atoms with Crippen LogP contribution in [0.3, 0.4) is 0 Å². The third kappa shape index (κ3) is 2.61. The molecule has 2 aromatic rings. The summed E-state index contributed by atoms with van der Waals surface area (Å²) in [4.78, 5) is 12.1. The van der Waals surface area contributed by atoms with Gasteiger partial charge in [0.2, 0.25) is 0 Å². The molecule has 5 nitrogen and oxygen atoms in total. The number of carbonyl (C=O) groups is 1. The molecule has 3 rings (SSSR count). The predicted molar refractivity (Wildman–Crippen MR) is 76.2 cm³/mol. The minimum atomic E-state index is -0.193. The van der Waals surface area contributed by atoms with Crippen molar-refractivity contribution in [3.8, 4) is 0 Å². The van der Waals surface area contributed by atoms with Gasteiger partial charge in [-0.1, -0.05) is 24.3 Å². The normalized spacial score (nSPS) is 17.3. The summed E-state index contributed by atoms with van der Waals surface area (Å²) in [6.07, 6.45) is 2.81. The quantitative estimate of drug-likeness (QED) is 0.861. The predicted octanol–water partition coefficient (Wildman–Crippen LogP) is 1.35. The van der Waals surface area contributed by atoms with Crippen LogP contribution in [0.4, 0.5) is 5.82 Å². The van der Waals surface area contributed by atoms with E-state index in [0.29, 0.717) is 11.5 Å². The zero-order valence-corrected chi connectivity index (χ0v) is 11.0.